The SMILES string of the molecule is Cl.NC1CC2CCCC(C1)C2NC(=O)CC1CCCO1. The molecule has 0 spiro atoms. The third-order valence-electron chi connectivity index (χ3n) is 5.14. The van der Waals surface area contributed by atoms with Crippen molar-refractivity contribution >= 4 is 18.3 Å². The van der Waals surface area contributed by atoms with E-state index in [1.165, 1.54) is 19.3 Å². The average Bonchev–Trinajstić information content (AvgIpc) is 2.83. The van der Waals surface area contributed by atoms with Gasteiger partial charge in [-0.2, -0.15) is 0 Å². The van der Waals surface area contributed by atoms with Crippen molar-refractivity contribution in [2.75, 3.05) is 6.61 Å². The first-order valence-corrected chi connectivity index (χ1v) is 7.89. The first-order valence-electron chi connectivity index (χ1n) is 7.89. The van der Waals surface area contributed by atoms with Crippen molar-refractivity contribution in [3.8, 4) is 0 Å². The van der Waals surface area contributed by atoms with Crippen molar-refractivity contribution in [2.24, 2.45) is 17.6 Å². The molecule has 3 fully saturated rings. The Morgan fingerprint density at radius 2 is 1.85 bits per heavy atom. The maximum Gasteiger partial charge on any atom is 0.222 e. The second-order valence-electron chi connectivity index (χ2n) is 6.61. The molecule has 3 N–H and O–H groups in total. The second-order valence-corrected chi connectivity index (χ2v) is 6.61. The van der Waals surface area contributed by atoms with Crippen LogP contribution in [0.1, 0.15) is 51.4 Å². The van der Waals surface area contributed by atoms with Gasteiger partial charge in [-0.25, -0.2) is 0 Å². The summed E-state index contributed by atoms with van der Waals surface area (Å²) in [5, 5.41) is 3.29. The van der Waals surface area contributed by atoms with Crippen molar-refractivity contribution in [2.45, 2.75) is 69.6 Å². The minimum Gasteiger partial charge on any atom is -0.378 e. The molecule has 1 saturated heterocycles. The highest BCUT2D eigenvalue weighted by molar-refractivity contribution is 5.85. The van der Waals surface area contributed by atoms with Crippen LogP contribution in [0.5, 0.6) is 0 Å². The van der Waals surface area contributed by atoms with E-state index in [1.54, 1.807) is 0 Å². The molecule has 5 heteroatoms. The lowest BCUT2D eigenvalue weighted by Crippen LogP contribution is -2.54. The van der Waals surface area contributed by atoms with Gasteiger partial charge in [0, 0.05) is 18.7 Å². The van der Waals surface area contributed by atoms with Crippen LogP contribution >= 0.6 is 12.4 Å². The van der Waals surface area contributed by atoms with Crippen LogP contribution < -0.4 is 11.1 Å². The number of carbonyl (C=O) groups excluding carboxylic acids is 1. The third kappa shape index (κ3) is 3.66. The van der Waals surface area contributed by atoms with Crippen molar-refractivity contribution in [3.63, 3.8) is 0 Å². The summed E-state index contributed by atoms with van der Waals surface area (Å²) in [6, 6.07) is 0.726. The molecule has 0 aromatic carbocycles. The van der Waals surface area contributed by atoms with Crippen LogP contribution in [0.15, 0.2) is 0 Å². The van der Waals surface area contributed by atoms with Crippen LogP contribution in [0.3, 0.4) is 0 Å². The Labute approximate surface area is 127 Å². The van der Waals surface area contributed by atoms with Gasteiger partial charge in [-0.05, 0) is 50.4 Å². The Bertz CT molecular complexity index is 320. The van der Waals surface area contributed by atoms with Gasteiger partial charge in [0.25, 0.3) is 0 Å². The van der Waals surface area contributed by atoms with Gasteiger partial charge < -0.3 is 15.8 Å². The summed E-state index contributed by atoms with van der Waals surface area (Å²) in [5.74, 6) is 1.40. The number of amides is 1. The van der Waals surface area contributed by atoms with E-state index in [4.69, 9.17) is 10.5 Å². The van der Waals surface area contributed by atoms with Crippen LogP contribution in [-0.2, 0) is 9.53 Å². The number of nitrogens with one attached hydrogen (secondary N) is 1. The van der Waals surface area contributed by atoms with Crippen LogP contribution in [-0.4, -0.2) is 30.7 Å². The maximum absolute atomic E-state index is 12.2. The molecule has 3 unspecified atom stereocenters. The fourth-order valence-electron chi connectivity index (χ4n) is 4.28. The van der Waals surface area contributed by atoms with E-state index in [0.717, 1.165) is 32.3 Å². The number of halogens is 1. The average molecular weight is 303 g/mol. The molecular formula is C15H27ClN2O2. The highest BCUT2D eigenvalue weighted by atomic mass is 35.5. The number of ether oxygens (including phenoxy) is 1. The Morgan fingerprint density at radius 1 is 1.15 bits per heavy atom. The first kappa shape index (κ1) is 16.1. The number of carbonyl (C=O) groups is 1. The fraction of sp³-hybridized carbons (Fsp3) is 0.933. The summed E-state index contributed by atoms with van der Waals surface area (Å²) < 4.78 is 5.54. The van der Waals surface area contributed by atoms with Crippen molar-refractivity contribution in [3.05, 3.63) is 0 Å². The molecule has 0 aromatic rings. The van der Waals surface area contributed by atoms with Gasteiger partial charge in [0.2, 0.25) is 5.91 Å². The third-order valence-corrected chi connectivity index (χ3v) is 5.14. The normalized spacial score (nSPS) is 40.0. The zero-order valence-corrected chi connectivity index (χ0v) is 12.9. The van der Waals surface area contributed by atoms with E-state index in [0.29, 0.717) is 30.3 Å². The van der Waals surface area contributed by atoms with Crippen LogP contribution in [0.4, 0.5) is 0 Å². The van der Waals surface area contributed by atoms with Crippen molar-refractivity contribution in [1.29, 1.82) is 0 Å². The number of rotatable bonds is 3. The van der Waals surface area contributed by atoms with Gasteiger partial charge in [-0.3, -0.25) is 4.79 Å². The van der Waals surface area contributed by atoms with Gasteiger partial charge in [0.15, 0.2) is 0 Å². The molecule has 0 radical (unpaired) electrons. The van der Waals surface area contributed by atoms with Crippen molar-refractivity contribution in [1.82, 2.24) is 5.32 Å². The van der Waals surface area contributed by atoms with E-state index in [9.17, 15) is 4.79 Å². The monoisotopic (exact) mass is 302 g/mol. The molecule has 2 aliphatic carbocycles. The van der Waals surface area contributed by atoms with Gasteiger partial charge in [-0.15, -0.1) is 12.4 Å². The van der Waals surface area contributed by atoms with Crippen LogP contribution in [0.25, 0.3) is 0 Å². The zero-order chi connectivity index (χ0) is 13.2. The molecule has 2 bridgehead atoms. The molecule has 116 valence electrons. The largest absolute Gasteiger partial charge is 0.378 e. The zero-order valence-electron chi connectivity index (χ0n) is 12.1. The Morgan fingerprint density at radius 3 is 2.45 bits per heavy atom. The summed E-state index contributed by atoms with van der Waals surface area (Å²) in [5.41, 5.74) is 6.12. The molecular weight excluding hydrogens is 276 g/mol. The molecule has 1 amide bonds. The fourth-order valence-corrected chi connectivity index (χ4v) is 4.28. The predicted molar refractivity (Wildman–Crippen MR) is 80.8 cm³/mol. The summed E-state index contributed by atoms with van der Waals surface area (Å²) in [6.45, 7) is 0.821. The van der Waals surface area contributed by atoms with E-state index in [1.807, 2.05) is 0 Å². The van der Waals surface area contributed by atoms with Crippen LogP contribution in [0, 0.1) is 11.8 Å². The topological polar surface area (TPSA) is 64.3 Å². The van der Waals surface area contributed by atoms with E-state index in [-0.39, 0.29) is 24.4 Å². The Balaban J connectivity index is 0.00000147. The summed E-state index contributed by atoms with van der Waals surface area (Å²) in [6.07, 6.45) is 8.78. The lowest BCUT2D eigenvalue weighted by molar-refractivity contribution is -0.125. The number of fused-ring (bicyclic) bond motifs is 2. The lowest BCUT2D eigenvalue weighted by Gasteiger charge is -2.45. The molecule has 3 aliphatic rings. The van der Waals surface area contributed by atoms with Gasteiger partial charge in [0.05, 0.1) is 12.5 Å². The minimum atomic E-state index is 0. The number of hydrogen-bond acceptors (Lipinski definition) is 3. The highest BCUT2D eigenvalue weighted by Gasteiger charge is 2.40. The van der Waals surface area contributed by atoms with E-state index < -0.39 is 0 Å². The van der Waals surface area contributed by atoms with E-state index in [2.05, 4.69) is 5.32 Å². The molecule has 3 rings (SSSR count). The molecule has 2 saturated carbocycles. The van der Waals surface area contributed by atoms with Crippen molar-refractivity contribution < 1.29 is 9.53 Å². The quantitative estimate of drug-likeness (QED) is 0.838. The summed E-state index contributed by atoms with van der Waals surface area (Å²) in [7, 11) is 0. The minimum absolute atomic E-state index is 0. The smallest absolute Gasteiger partial charge is 0.222 e. The first-order chi connectivity index (χ1) is 9.22. The molecule has 1 heterocycles. The summed E-state index contributed by atoms with van der Waals surface area (Å²) >= 11 is 0. The van der Waals surface area contributed by atoms with E-state index >= 15 is 0 Å². The molecule has 1 aliphatic heterocycles. The Hall–Kier alpha value is -0.320. The number of nitrogens with two attached hydrogens (primary N) is 1. The highest BCUT2D eigenvalue weighted by Crippen LogP contribution is 2.39. The predicted octanol–water partition coefficient (Wildman–Crippen LogP) is 2.00. The molecule has 4 nitrogen and oxygen atoms in total. The van der Waals surface area contributed by atoms with Crippen LogP contribution in [0.2, 0.25) is 0 Å². The summed E-state index contributed by atoms with van der Waals surface area (Å²) in [4.78, 5) is 12.2. The number of hydrogen-bond donors (Lipinski definition) is 2. The second kappa shape index (κ2) is 7.10. The van der Waals surface area contributed by atoms with Gasteiger partial charge in [-0.1, -0.05) is 6.42 Å². The Kier molecular flexibility index (Phi) is 5.70. The van der Waals surface area contributed by atoms with Gasteiger partial charge >= 0.3 is 0 Å². The maximum atomic E-state index is 12.2. The molecule has 20 heavy (non-hydrogen) atoms. The van der Waals surface area contributed by atoms with Gasteiger partial charge in [0.1, 0.15) is 0 Å². The molecule has 0 aromatic heterocycles. The molecule has 3 atom stereocenters. The lowest BCUT2D eigenvalue weighted by atomic mass is 9.67. The standard InChI is InChI=1S/C15H26N2O2.ClH/c16-12-7-10-3-1-4-11(8-12)15(10)17-14(18)9-13-5-2-6-19-13;/h10-13,15H,1-9,16H2,(H,17,18);1H.